The van der Waals surface area contributed by atoms with Crippen LogP contribution < -0.4 is 0 Å². The first-order valence-corrected chi connectivity index (χ1v) is 6.84. The van der Waals surface area contributed by atoms with Crippen molar-refractivity contribution in [1.29, 1.82) is 5.26 Å². The van der Waals surface area contributed by atoms with Crippen molar-refractivity contribution < 1.29 is 0 Å². The average Bonchev–Trinajstić information content (AvgIpc) is 2.43. The van der Waals surface area contributed by atoms with E-state index in [0.29, 0.717) is 26.8 Å². The predicted octanol–water partition coefficient (Wildman–Crippen LogP) is 5.13. The smallest absolute Gasteiger partial charge is 0.101 e. The predicted molar refractivity (Wildman–Crippen MR) is 81.7 cm³/mol. The number of aromatic nitrogens is 1. The van der Waals surface area contributed by atoms with Crippen LogP contribution in [0.15, 0.2) is 47.2 Å². The van der Waals surface area contributed by atoms with E-state index in [1.807, 2.05) is 6.07 Å². The third kappa shape index (κ3) is 3.16. The second kappa shape index (κ2) is 6.21. The van der Waals surface area contributed by atoms with Gasteiger partial charge in [-0.2, -0.15) is 5.26 Å². The summed E-state index contributed by atoms with van der Waals surface area (Å²) in [7, 11) is 0. The molecule has 0 fully saturated rings. The second-order valence-electron chi connectivity index (χ2n) is 3.67. The lowest BCUT2D eigenvalue weighted by Gasteiger charge is -2.07. The molecule has 0 amide bonds. The zero-order chi connectivity index (χ0) is 13.8. The molecule has 1 aromatic carbocycles. The molecule has 0 spiro atoms. The zero-order valence-corrected chi connectivity index (χ0v) is 12.7. The SMILES string of the molecule is N#C/C(=C(/Cl)c1cc(Br)ccc1Cl)c1cccnc1. The van der Waals surface area contributed by atoms with Gasteiger partial charge in [0.15, 0.2) is 0 Å². The lowest BCUT2D eigenvalue weighted by atomic mass is 10.1. The minimum Gasteiger partial charge on any atom is -0.264 e. The van der Waals surface area contributed by atoms with Crippen LogP contribution >= 0.6 is 39.1 Å². The molecule has 1 aromatic heterocycles. The number of benzene rings is 1. The van der Waals surface area contributed by atoms with Gasteiger partial charge in [-0.05, 0) is 24.3 Å². The summed E-state index contributed by atoms with van der Waals surface area (Å²) >= 11 is 15.8. The van der Waals surface area contributed by atoms with E-state index in [-0.39, 0.29) is 0 Å². The van der Waals surface area contributed by atoms with Crippen molar-refractivity contribution in [1.82, 2.24) is 4.98 Å². The molecule has 0 bridgehead atoms. The summed E-state index contributed by atoms with van der Waals surface area (Å²) in [6.07, 6.45) is 3.23. The average molecular weight is 354 g/mol. The maximum atomic E-state index is 9.30. The monoisotopic (exact) mass is 352 g/mol. The Kier molecular flexibility index (Phi) is 4.60. The van der Waals surface area contributed by atoms with E-state index in [0.717, 1.165) is 4.47 Å². The Morgan fingerprint density at radius 2 is 2.11 bits per heavy atom. The summed E-state index contributed by atoms with van der Waals surface area (Å²) in [4.78, 5) is 3.98. The highest BCUT2D eigenvalue weighted by atomic mass is 79.9. The minimum atomic E-state index is 0.307. The zero-order valence-electron chi connectivity index (χ0n) is 9.57. The molecule has 0 saturated carbocycles. The van der Waals surface area contributed by atoms with E-state index in [2.05, 4.69) is 27.0 Å². The van der Waals surface area contributed by atoms with Crippen LogP contribution in [0.5, 0.6) is 0 Å². The van der Waals surface area contributed by atoms with Crippen molar-refractivity contribution in [2.75, 3.05) is 0 Å². The van der Waals surface area contributed by atoms with E-state index in [9.17, 15) is 5.26 Å². The second-order valence-corrected chi connectivity index (χ2v) is 5.37. The van der Waals surface area contributed by atoms with Crippen molar-refractivity contribution in [2.45, 2.75) is 0 Å². The van der Waals surface area contributed by atoms with Gasteiger partial charge in [0.1, 0.15) is 6.07 Å². The summed E-state index contributed by atoms with van der Waals surface area (Å²) in [6, 6.07) is 10.9. The highest BCUT2D eigenvalue weighted by Crippen LogP contribution is 2.34. The lowest BCUT2D eigenvalue weighted by molar-refractivity contribution is 1.31. The standard InChI is InChI=1S/C14H7BrCl2N2/c15-10-3-4-13(16)11(6-10)14(17)12(7-18)9-2-1-5-19-8-9/h1-6,8H/b14-12-. The van der Waals surface area contributed by atoms with Crippen LogP contribution in [-0.4, -0.2) is 4.98 Å². The van der Waals surface area contributed by atoms with Gasteiger partial charge in [0.25, 0.3) is 0 Å². The van der Waals surface area contributed by atoms with Crippen LogP contribution in [0.25, 0.3) is 10.6 Å². The van der Waals surface area contributed by atoms with Crippen LogP contribution in [0.2, 0.25) is 5.02 Å². The van der Waals surface area contributed by atoms with E-state index in [1.54, 1.807) is 36.7 Å². The van der Waals surface area contributed by atoms with E-state index >= 15 is 0 Å². The number of pyridine rings is 1. The van der Waals surface area contributed by atoms with E-state index in [1.165, 1.54) is 0 Å². The summed E-state index contributed by atoms with van der Waals surface area (Å²) < 4.78 is 0.841. The molecule has 0 N–H and O–H groups in total. The highest BCUT2D eigenvalue weighted by Gasteiger charge is 2.12. The molecule has 2 nitrogen and oxygen atoms in total. The molecule has 94 valence electrons. The number of nitrogens with zero attached hydrogens (tertiary/aromatic N) is 2. The molecular weight excluding hydrogens is 347 g/mol. The van der Waals surface area contributed by atoms with Gasteiger partial charge in [0.2, 0.25) is 0 Å². The molecular formula is C14H7BrCl2N2. The fourth-order valence-electron chi connectivity index (χ4n) is 1.55. The molecule has 0 aliphatic heterocycles. The number of halogens is 3. The Labute approximate surface area is 129 Å². The third-order valence-corrected chi connectivity index (χ3v) is 3.66. The molecule has 0 atom stereocenters. The molecule has 19 heavy (non-hydrogen) atoms. The largest absolute Gasteiger partial charge is 0.264 e. The molecule has 2 rings (SSSR count). The summed E-state index contributed by atoms with van der Waals surface area (Å²) in [5.74, 6) is 0. The van der Waals surface area contributed by atoms with Gasteiger partial charge in [-0.1, -0.05) is 45.2 Å². The number of allylic oxidation sites excluding steroid dienone is 1. The highest BCUT2D eigenvalue weighted by molar-refractivity contribution is 9.10. The van der Waals surface area contributed by atoms with Crippen molar-refractivity contribution in [3.05, 3.63) is 63.3 Å². The topological polar surface area (TPSA) is 36.7 Å². The van der Waals surface area contributed by atoms with Gasteiger partial charge in [0.05, 0.1) is 10.6 Å². The maximum absolute atomic E-state index is 9.30. The molecule has 5 heteroatoms. The first-order chi connectivity index (χ1) is 9.13. The van der Waals surface area contributed by atoms with Crippen LogP contribution in [0, 0.1) is 11.3 Å². The van der Waals surface area contributed by atoms with Crippen molar-refractivity contribution >= 4 is 49.7 Å². The fourth-order valence-corrected chi connectivity index (χ4v) is 2.48. The molecule has 2 aromatic rings. The van der Waals surface area contributed by atoms with Gasteiger partial charge in [-0.25, -0.2) is 0 Å². The molecule has 0 aliphatic rings. The minimum absolute atomic E-state index is 0.307. The Bertz CT molecular complexity index is 676. The van der Waals surface area contributed by atoms with Crippen molar-refractivity contribution in [2.24, 2.45) is 0 Å². The van der Waals surface area contributed by atoms with Gasteiger partial charge >= 0.3 is 0 Å². The molecule has 0 saturated heterocycles. The van der Waals surface area contributed by atoms with E-state index < -0.39 is 0 Å². The number of hydrogen-bond acceptors (Lipinski definition) is 2. The van der Waals surface area contributed by atoms with Gasteiger partial charge in [-0.3, -0.25) is 4.98 Å². The first kappa shape index (κ1) is 14.1. The summed E-state index contributed by atoms with van der Waals surface area (Å²) in [5.41, 5.74) is 1.61. The molecule has 0 radical (unpaired) electrons. The lowest BCUT2D eigenvalue weighted by Crippen LogP contribution is -1.88. The molecule has 1 heterocycles. The Balaban J connectivity index is 2.62. The normalized spacial score (nSPS) is 11.7. The quantitative estimate of drug-likeness (QED) is 0.702. The number of hydrogen-bond donors (Lipinski definition) is 0. The maximum Gasteiger partial charge on any atom is 0.101 e. The Morgan fingerprint density at radius 3 is 2.74 bits per heavy atom. The first-order valence-electron chi connectivity index (χ1n) is 5.29. The van der Waals surface area contributed by atoms with Gasteiger partial charge in [0, 0.05) is 33.0 Å². The summed E-state index contributed by atoms with van der Waals surface area (Å²) in [5, 5.41) is 10.1. The summed E-state index contributed by atoms with van der Waals surface area (Å²) in [6.45, 7) is 0. The van der Waals surface area contributed by atoms with Crippen molar-refractivity contribution in [3.8, 4) is 6.07 Å². The number of nitriles is 1. The van der Waals surface area contributed by atoms with Crippen LogP contribution in [0.1, 0.15) is 11.1 Å². The van der Waals surface area contributed by atoms with Crippen LogP contribution in [0.4, 0.5) is 0 Å². The fraction of sp³-hybridized carbons (Fsp3) is 0. The van der Waals surface area contributed by atoms with Crippen molar-refractivity contribution in [3.63, 3.8) is 0 Å². The Morgan fingerprint density at radius 1 is 1.32 bits per heavy atom. The van der Waals surface area contributed by atoms with E-state index in [4.69, 9.17) is 23.2 Å². The Hall–Kier alpha value is -1.34. The van der Waals surface area contributed by atoms with Gasteiger partial charge in [-0.15, -0.1) is 0 Å². The van der Waals surface area contributed by atoms with Crippen LogP contribution in [-0.2, 0) is 0 Å². The third-order valence-electron chi connectivity index (χ3n) is 2.45. The van der Waals surface area contributed by atoms with Gasteiger partial charge < -0.3 is 0 Å². The number of rotatable bonds is 2. The molecule has 0 aliphatic carbocycles. The molecule has 0 unspecified atom stereocenters. The van der Waals surface area contributed by atoms with Crippen LogP contribution in [0.3, 0.4) is 0 Å².